The molecule has 0 saturated carbocycles. The molecule has 1 N–H and O–H groups in total. The monoisotopic (exact) mass is 586 g/mol. The molecule has 0 aliphatic carbocycles. The zero-order valence-electron chi connectivity index (χ0n) is 21.8. The van der Waals surface area contributed by atoms with Crippen molar-refractivity contribution in [2.24, 2.45) is 0 Å². The molecular weight excluding hydrogens is 556 g/mol. The lowest BCUT2D eigenvalue weighted by Crippen LogP contribution is -2.52. The fourth-order valence-electron chi connectivity index (χ4n) is 4.01. The molecule has 1 aliphatic rings. The van der Waals surface area contributed by atoms with Crippen molar-refractivity contribution in [2.45, 2.75) is 11.8 Å². The molecule has 40 heavy (non-hydrogen) atoms. The molecule has 0 radical (unpaired) electrons. The Bertz CT molecular complexity index is 1520. The molecule has 11 nitrogen and oxygen atoms in total. The molecule has 1 heterocycles. The second kappa shape index (κ2) is 12.5. The van der Waals surface area contributed by atoms with Crippen LogP contribution in [0.5, 0.6) is 5.75 Å². The Morgan fingerprint density at radius 2 is 1.40 bits per heavy atom. The van der Waals surface area contributed by atoms with Crippen LogP contribution in [0.25, 0.3) is 0 Å². The zero-order chi connectivity index (χ0) is 28.8. The number of benzene rings is 3. The van der Waals surface area contributed by atoms with Gasteiger partial charge in [0.05, 0.1) is 22.9 Å². The molecule has 1 saturated heterocycles. The Kier molecular flexibility index (Phi) is 9.07. The topological polar surface area (TPSA) is 133 Å². The van der Waals surface area contributed by atoms with Gasteiger partial charge in [0.15, 0.2) is 5.75 Å². The predicted molar refractivity (Wildman–Crippen MR) is 150 cm³/mol. The third kappa shape index (κ3) is 6.79. The minimum Gasteiger partial charge on any atom is -0.364 e. The molecule has 0 aromatic heterocycles. The maximum absolute atomic E-state index is 13.5. The highest BCUT2D eigenvalue weighted by molar-refractivity contribution is 7.92. The molecule has 0 bridgehead atoms. The Morgan fingerprint density at radius 3 is 1.98 bits per heavy atom. The van der Waals surface area contributed by atoms with E-state index in [9.17, 15) is 26.4 Å². The van der Waals surface area contributed by atoms with Crippen LogP contribution in [0.3, 0.4) is 0 Å². The van der Waals surface area contributed by atoms with Crippen molar-refractivity contribution in [1.82, 2.24) is 14.5 Å². The van der Waals surface area contributed by atoms with Crippen molar-refractivity contribution in [3.63, 3.8) is 0 Å². The lowest BCUT2D eigenvalue weighted by atomic mass is 10.2. The fourth-order valence-corrected chi connectivity index (χ4v) is 6.35. The van der Waals surface area contributed by atoms with Crippen molar-refractivity contribution in [3.05, 3.63) is 90.5 Å². The zero-order valence-corrected chi connectivity index (χ0v) is 23.5. The molecule has 13 heteroatoms. The number of carbonyl (C=O) groups excluding carboxylic acids is 2. The van der Waals surface area contributed by atoms with Gasteiger partial charge < -0.3 is 15.1 Å². The first kappa shape index (κ1) is 29.1. The first-order chi connectivity index (χ1) is 19.1. The van der Waals surface area contributed by atoms with Crippen molar-refractivity contribution < 1.29 is 31.3 Å². The van der Waals surface area contributed by atoms with E-state index in [0.29, 0.717) is 11.4 Å². The Hall–Kier alpha value is -3.94. The van der Waals surface area contributed by atoms with Crippen LogP contribution in [-0.2, 0) is 24.8 Å². The van der Waals surface area contributed by atoms with E-state index in [1.807, 2.05) is 0 Å². The number of nitrogens with zero attached hydrogens (tertiary/aromatic N) is 3. The average molecular weight is 587 g/mol. The van der Waals surface area contributed by atoms with E-state index >= 15 is 0 Å². The standard InChI is InChI=1S/C27H30N4O7S2/c1-2-39(34,35)30-19-17-29(18-20-30)26(32)21-28-27(33)22-13-15-25(16-14-22)40(36,37)31(23-9-5-3-6-10-23)38-24-11-7-4-8-12-24/h3-16H,2,17-21H2,1H3,(H,28,33). The third-order valence-corrected chi connectivity index (χ3v) is 9.75. The summed E-state index contributed by atoms with van der Waals surface area (Å²) < 4.78 is 53.2. The summed E-state index contributed by atoms with van der Waals surface area (Å²) in [5, 5.41) is 2.54. The highest BCUT2D eigenvalue weighted by Crippen LogP contribution is 2.26. The highest BCUT2D eigenvalue weighted by Gasteiger charge is 2.29. The fraction of sp³-hybridized carbons (Fsp3) is 0.259. The van der Waals surface area contributed by atoms with Gasteiger partial charge in [0, 0.05) is 31.7 Å². The number of piperazine rings is 1. The summed E-state index contributed by atoms with van der Waals surface area (Å²) in [5.41, 5.74) is 0.459. The van der Waals surface area contributed by atoms with Crippen LogP contribution in [0.2, 0.25) is 0 Å². The number of anilines is 1. The van der Waals surface area contributed by atoms with Gasteiger partial charge in [-0.3, -0.25) is 9.59 Å². The summed E-state index contributed by atoms with van der Waals surface area (Å²) in [7, 11) is -7.49. The van der Waals surface area contributed by atoms with Crippen molar-refractivity contribution in [2.75, 3.05) is 42.9 Å². The molecule has 1 fully saturated rings. The van der Waals surface area contributed by atoms with Gasteiger partial charge in [-0.25, -0.2) is 8.42 Å². The second-order valence-electron chi connectivity index (χ2n) is 8.86. The van der Waals surface area contributed by atoms with Crippen LogP contribution in [0.4, 0.5) is 5.69 Å². The third-order valence-electron chi connectivity index (χ3n) is 6.28. The average Bonchev–Trinajstić information content (AvgIpc) is 2.99. The minimum atomic E-state index is -4.18. The molecule has 212 valence electrons. The molecule has 3 aromatic rings. The van der Waals surface area contributed by atoms with E-state index in [2.05, 4.69) is 5.32 Å². The summed E-state index contributed by atoms with van der Waals surface area (Å²) >= 11 is 0. The molecule has 0 unspecified atom stereocenters. The lowest BCUT2D eigenvalue weighted by molar-refractivity contribution is -0.131. The molecule has 2 amide bonds. The number of amides is 2. The van der Waals surface area contributed by atoms with Crippen LogP contribution in [0.1, 0.15) is 17.3 Å². The SMILES string of the molecule is CCS(=O)(=O)N1CCN(C(=O)CNC(=O)c2ccc(S(=O)(=O)N(Oc3ccccc3)c3ccccc3)cc2)CC1. The molecule has 3 aromatic carbocycles. The van der Waals surface area contributed by atoms with Gasteiger partial charge in [-0.2, -0.15) is 12.7 Å². The maximum atomic E-state index is 13.5. The van der Waals surface area contributed by atoms with Crippen molar-refractivity contribution in [1.29, 1.82) is 0 Å². The first-order valence-electron chi connectivity index (χ1n) is 12.6. The summed E-state index contributed by atoms with van der Waals surface area (Å²) in [6, 6.07) is 22.1. The van der Waals surface area contributed by atoms with E-state index in [4.69, 9.17) is 4.84 Å². The molecule has 1 aliphatic heterocycles. The van der Waals surface area contributed by atoms with Gasteiger partial charge in [-0.15, -0.1) is 0 Å². The number of sulfonamides is 2. The molecule has 0 atom stereocenters. The Balaban J connectivity index is 1.40. The first-order valence-corrected chi connectivity index (χ1v) is 15.6. The van der Waals surface area contributed by atoms with E-state index < -0.39 is 26.0 Å². The largest absolute Gasteiger partial charge is 0.364 e. The number of hydrogen-bond donors (Lipinski definition) is 1. The maximum Gasteiger partial charge on any atom is 0.295 e. The number of carbonyl (C=O) groups is 2. The number of nitrogens with one attached hydrogen (secondary N) is 1. The van der Waals surface area contributed by atoms with E-state index in [0.717, 1.165) is 4.47 Å². The van der Waals surface area contributed by atoms with Gasteiger partial charge in [0.25, 0.3) is 15.9 Å². The second-order valence-corrected chi connectivity index (χ2v) is 12.9. The van der Waals surface area contributed by atoms with Gasteiger partial charge in [-0.1, -0.05) is 40.9 Å². The van der Waals surface area contributed by atoms with Crippen LogP contribution in [0, 0.1) is 0 Å². The van der Waals surface area contributed by atoms with Gasteiger partial charge in [0.1, 0.15) is 0 Å². The molecule has 0 spiro atoms. The van der Waals surface area contributed by atoms with Crippen LogP contribution in [-0.4, -0.2) is 76.3 Å². The predicted octanol–water partition coefficient (Wildman–Crippen LogP) is 2.10. The Morgan fingerprint density at radius 1 is 0.825 bits per heavy atom. The normalized spacial score (nSPS) is 14.4. The van der Waals surface area contributed by atoms with Crippen molar-refractivity contribution >= 4 is 37.5 Å². The number of hydrogen-bond acceptors (Lipinski definition) is 7. The summed E-state index contributed by atoms with van der Waals surface area (Å²) in [4.78, 5) is 32.4. The van der Waals surface area contributed by atoms with Crippen LogP contribution >= 0.6 is 0 Å². The molecular formula is C27H30N4O7S2. The van der Waals surface area contributed by atoms with E-state index in [1.165, 1.54) is 33.5 Å². The Labute approximate surface area is 234 Å². The summed E-state index contributed by atoms with van der Waals surface area (Å²) in [6.07, 6.45) is 0. The van der Waals surface area contributed by atoms with Gasteiger partial charge in [0.2, 0.25) is 15.9 Å². The van der Waals surface area contributed by atoms with E-state index in [-0.39, 0.29) is 54.8 Å². The van der Waals surface area contributed by atoms with Crippen molar-refractivity contribution in [3.8, 4) is 5.75 Å². The summed E-state index contributed by atoms with van der Waals surface area (Å²) in [6.45, 7) is 2.20. The number of rotatable bonds is 10. The van der Waals surface area contributed by atoms with Gasteiger partial charge >= 0.3 is 0 Å². The highest BCUT2D eigenvalue weighted by atomic mass is 32.2. The minimum absolute atomic E-state index is 0.00142. The molecule has 4 rings (SSSR count). The summed E-state index contributed by atoms with van der Waals surface area (Å²) in [5.74, 6) is -0.562. The van der Waals surface area contributed by atoms with Crippen LogP contribution < -0.4 is 14.6 Å². The smallest absolute Gasteiger partial charge is 0.295 e. The quantitative estimate of drug-likeness (QED) is 0.360. The van der Waals surface area contributed by atoms with Gasteiger partial charge in [-0.05, 0) is 55.5 Å². The van der Waals surface area contributed by atoms with Crippen LogP contribution in [0.15, 0.2) is 89.8 Å². The number of para-hydroxylation sites is 2. The van der Waals surface area contributed by atoms with E-state index in [1.54, 1.807) is 67.6 Å². The lowest BCUT2D eigenvalue weighted by Gasteiger charge is -2.33.